The maximum atomic E-state index is 12.5. The first-order chi connectivity index (χ1) is 13.7. The van der Waals surface area contributed by atoms with E-state index in [9.17, 15) is 4.79 Å². The summed E-state index contributed by atoms with van der Waals surface area (Å²) in [6.45, 7) is 2.13. The van der Waals surface area contributed by atoms with Crippen LogP contribution in [0.4, 0.5) is 0 Å². The number of benzene rings is 3. The Kier molecular flexibility index (Phi) is 5.61. The van der Waals surface area contributed by atoms with Crippen molar-refractivity contribution in [2.45, 2.75) is 45.1 Å². The summed E-state index contributed by atoms with van der Waals surface area (Å²) < 4.78 is 5.84. The molecule has 28 heavy (non-hydrogen) atoms. The average Bonchev–Trinajstić information content (AvgIpc) is 2.75. The molecule has 0 saturated carbocycles. The van der Waals surface area contributed by atoms with Gasteiger partial charge >= 0.3 is 0 Å². The van der Waals surface area contributed by atoms with Crippen molar-refractivity contribution in [3.05, 3.63) is 77.4 Å². The first kappa shape index (κ1) is 18.5. The number of hydrogen-bond donors (Lipinski definition) is 1. The number of hydrogen-bond acceptors (Lipinski definition) is 2. The number of nitrogens with one attached hydrogen (secondary N) is 1. The van der Waals surface area contributed by atoms with Crippen LogP contribution in [0.25, 0.3) is 10.8 Å². The lowest BCUT2D eigenvalue weighted by Crippen LogP contribution is -2.32. The first-order valence-corrected chi connectivity index (χ1v) is 10.3. The largest absolute Gasteiger partial charge is 0.483 e. The van der Waals surface area contributed by atoms with E-state index in [-0.39, 0.29) is 18.6 Å². The van der Waals surface area contributed by atoms with Crippen molar-refractivity contribution in [1.29, 1.82) is 0 Å². The van der Waals surface area contributed by atoms with Crippen LogP contribution in [0.15, 0.2) is 60.7 Å². The Labute approximate surface area is 166 Å². The fourth-order valence-corrected chi connectivity index (χ4v) is 4.09. The number of carbonyl (C=O) groups excluding carboxylic acids is 1. The van der Waals surface area contributed by atoms with Crippen LogP contribution in [-0.4, -0.2) is 12.5 Å². The molecule has 3 aromatic carbocycles. The highest BCUT2D eigenvalue weighted by Crippen LogP contribution is 2.27. The summed E-state index contributed by atoms with van der Waals surface area (Å²) in [5.74, 6) is 0.660. The number of fused-ring (bicyclic) bond motifs is 2. The minimum absolute atomic E-state index is 0.0233. The number of carbonyl (C=O) groups is 1. The molecule has 3 aromatic rings. The van der Waals surface area contributed by atoms with E-state index >= 15 is 0 Å². The quantitative estimate of drug-likeness (QED) is 0.631. The molecule has 1 atom stereocenters. The van der Waals surface area contributed by atoms with Gasteiger partial charge in [0.15, 0.2) is 6.61 Å². The van der Waals surface area contributed by atoms with E-state index in [2.05, 4.69) is 30.4 Å². The first-order valence-electron chi connectivity index (χ1n) is 10.3. The molecule has 1 N–H and O–H groups in total. The molecule has 0 aliphatic heterocycles. The van der Waals surface area contributed by atoms with E-state index in [0.717, 1.165) is 29.4 Å². The van der Waals surface area contributed by atoms with Crippen LogP contribution in [-0.2, 0) is 17.6 Å². The van der Waals surface area contributed by atoms with Gasteiger partial charge in [0, 0.05) is 5.39 Å². The van der Waals surface area contributed by atoms with Crippen LogP contribution in [0.2, 0.25) is 0 Å². The maximum Gasteiger partial charge on any atom is 0.258 e. The van der Waals surface area contributed by atoms with Gasteiger partial charge in [0.05, 0.1) is 6.04 Å². The molecule has 3 nitrogen and oxygen atoms in total. The third-order valence-corrected chi connectivity index (χ3v) is 5.63. The molecule has 0 bridgehead atoms. The molecule has 1 aliphatic carbocycles. The molecule has 3 heteroatoms. The van der Waals surface area contributed by atoms with Crippen molar-refractivity contribution in [1.82, 2.24) is 5.32 Å². The predicted octanol–water partition coefficient (Wildman–Crippen LogP) is 5.36. The molecule has 0 spiro atoms. The van der Waals surface area contributed by atoms with Crippen LogP contribution >= 0.6 is 0 Å². The van der Waals surface area contributed by atoms with Gasteiger partial charge in [-0.2, -0.15) is 0 Å². The minimum atomic E-state index is -0.0856. The minimum Gasteiger partial charge on any atom is -0.483 e. The average molecular weight is 373 g/mol. The van der Waals surface area contributed by atoms with E-state index in [4.69, 9.17) is 4.74 Å². The second kappa shape index (κ2) is 8.47. The number of aryl methyl sites for hydroxylation is 2. The van der Waals surface area contributed by atoms with Crippen LogP contribution in [0.5, 0.6) is 5.75 Å². The molecule has 0 radical (unpaired) electrons. The Balaban J connectivity index is 1.42. The van der Waals surface area contributed by atoms with E-state index in [1.165, 1.54) is 36.0 Å². The molecule has 1 amide bonds. The topological polar surface area (TPSA) is 38.3 Å². The fraction of sp³-hybridized carbons (Fsp3) is 0.320. The summed E-state index contributed by atoms with van der Waals surface area (Å²) in [7, 11) is 0. The molecule has 144 valence electrons. The smallest absolute Gasteiger partial charge is 0.258 e. The summed E-state index contributed by atoms with van der Waals surface area (Å²) in [6, 6.07) is 20.7. The lowest BCUT2D eigenvalue weighted by Gasteiger charge is -2.22. The Morgan fingerprint density at radius 1 is 1.00 bits per heavy atom. The molecule has 0 unspecified atom stereocenters. The molecule has 0 aromatic heterocycles. The highest BCUT2D eigenvalue weighted by Gasteiger charge is 2.16. The van der Waals surface area contributed by atoms with Crippen molar-refractivity contribution in [3.63, 3.8) is 0 Å². The van der Waals surface area contributed by atoms with Crippen molar-refractivity contribution >= 4 is 16.7 Å². The van der Waals surface area contributed by atoms with Crippen molar-refractivity contribution < 1.29 is 9.53 Å². The van der Waals surface area contributed by atoms with Gasteiger partial charge in [-0.05, 0) is 60.2 Å². The highest BCUT2D eigenvalue weighted by atomic mass is 16.5. The van der Waals surface area contributed by atoms with Crippen LogP contribution < -0.4 is 10.1 Å². The summed E-state index contributed by atoms with van der Waals surface area (Å²) >= 11 is 0. The van der Waals surface area contributed by atoms with E-state index in [0.29, 0.717) is 0 Å². The van der Waals surface area contributed by atoms with Gasteiger partial charge in [0.2, 0.25) is 0 Å². The zero-order chi connectivity index (χ0) is 19.3. The molecule has 0 fully saturated rings. The Bertz CT molecular complexity index is 974. The zero-order valence-corrected chi connectivity index (χ0v) is 16.4. The van der Waals surface area contributed by atoms with Gasteiger partial charge in [-0.3, -0.25) is 4.79 Å². The van der Waals surface area contributed by atoms with Crippen LogP contribution in [0, 0.1) is 0 Å². The third-order valence-electron chi connectivity index (χ3n) is 5.63. The predicted molar refractivity (Wildman–Crippen MR) is 114 cm³/mol. The van der Waals surface area contributed by atoms with E-state index in [1.54, 1.807) is 0 Å². The summed E-state index contributed by atoms with van der Waals surface area (Å²) in [5.41, 5.74) is 4.11. The summed E-state index contributed by atoms with van der Waals surface area (Å²) in [4.78, 5) is 12.5. The number of ether oxygens (including phenoxy) is 1. The lowest BCUT2D eigenvalue weighted by atomic mass is 9.89. The number of rotatable bonds is 6. The Hall–Kier alpha value is -2.81. The van der Waals surface area contributed by atoms with Crippen LogP contribution in [0.3, 0.4) is 0 Å². The maximum absolute atomic E-state index is 12.5. The van der Waals surface area contributed by atoms with Crippen molar-refractivity contribution in [3.8, 4) is 5.75 Å². The lowest BCUT2D eigenvalue weighted by molar-refractivity contribution is -0.123. The SMILES string of the molecule is CC[C@@H](NC(=O)COc1cccc2ccccc12)c1ccc2c(c1)CCCC2. The van der Waals surface area contributed by atoms with Gasteiger partial charge in [0.25, 0.3) is 5.91 Å². The molecule has 4 rings (SSSR count). The summed E-state index contributed by atoms with van der Waals surface area (Å²) in [6.07, 6.45) is 5.73. The Morgan fingerprint density at radius 3 is 2.64 bits per heavy atom. The molecule has 0 heterocycles. The molecular weight excluding hydrogens is 346 g/mol. The zero-order valence-electron chi connectivity index (χ0n) is 16.4. The van der Waals surface area contributed by atoms with Gasteiger partial charge in [0.1, 0.15) is 5.75 Å². The second-order valence-electron chi connectivity index (χ2n) is 7.53. The number of amides is 1. The summed E-state index contributed by atoms with van der Waals surface area (Å²) in [5, 5.41) is 5.28. The normalized spacial score (nSPS) is 14.3. The standard InChI is InChI=1S/C25H27NO2/c1-2-23(21-15-14-18-8-3-4-10-20(18)16-21)26-25(27)17-28-24-13-7-11-19-9-5-6-12-22(19)24/h5-7,9,11-16,23H,2-4,8,10,17H2,1H3,(H,26,27)/t23-/m1/s1. The molecule has 1 aliphatic rings. The fourth-order valence-electron chi connectivity index (χ4n) is 4.09. The van der Waals surface area contributed by atoms with Gasteiger partial charge in [-0.25, -0.2) is 0 Å². The Morgan fingerprint density at radius 2 is 1.79 bits per heavy atom. The van der Waals surface area contributed by atoms with Gasteiger partial charge < -0.3 is 10.1 Å². The van der Waals surface area contributed by atoms with Gasteiger partial charge in [-0.15, -0.1) is 0 Å². The van der Waals surface area contributed by atoms with Crippen molar-refractivity contribution in [2.24, 2.45) is 0 Å². The molecule has 0 saturated heterocycles. The van der Waals surface area contributed by atoms with E-state index in [1.807, 2.05) is 42.5 Å². The third kappa shape index (κ3) is 4.04. The van der Waals surface area contributed by atoms with E-state index < -0.39 is 0 Å². The van der Waals surface area contributed by atoms with Gasteiger partial charge in [-0.1, -0.05) is 61.5 Å². The van der Waals surface area contributed by atoms with Crippen LogP contribution in [0.1, 0.15) is 48.9 Å². The second-order valence-corrected chi connectivity index (χ2v) is 7.53. The monoisotopic (exact) mass is 373 g/mol. The van der Waals surface area contributed by atoms with Crippen molar-refractivity contribution in [2.75, 3.05) is 6.61 Å². The highest BCUT2D eigenvalue weighted by molar-refractivity contribution is 5.88. The molecular formula is C25H27NO2.